The zero-order chi connectivity index (χ0) is 18.0. The van der Waals surface area contributed by atoms with Crippen LogP contribution in [0, 0.1) is 34.1 Å². The first kappa shape index (κ1) is 17.4. The van der Waals surface area contributed by atoms with Crippen LogP contribution in [0.2, 0.25) is 5.02 Å². The van der Waals surface area contributed by atoms with Gasteiger partial charge in [-0.25, -0.2) is 0 Å². The van der Waals surface area contributed by atoms with E-state index in [1.165, 1.54) is 0 Å². The fraction of sp³-hybridized carbons (Fsp3) is 0.133. The molecule has 2 rings (SSSR count). The molecule has 0 saturated heterocycles. The molecule has 0 aliphatic carbocycles. The van der Waals surface area contributed by atoms with E-state index in [2.05, 4.69) is 5.32 Å². The largest absolute Gasteiger partial charge is 0.322 e. The summed E-state index contributed by atoms with van der Waals surface area (Å²) < 4.78 is 0. The topological polar surface area (TPSA) is 115 Å². The minimum absolute atomic E-state index is 0.225. The van der Waals surface area contributed by atoms with Crippen LogP contribution in [0.15, 0.2) is 30.3 Å². The van der Waals surface area contributed by atoms with E-state index in [0.717, 1.165) is 23.3 Å². The van der Waals surface area contributed by atoms with E-state index in [0.29, 0.717) is 5.69 Å². The van der Waals surface area contributed by atoms with Crippen LogP contribution in [0.5, 0.6) is 0 Å². The number of benzene rings is 2. The van der Waals surface area contributed by atoms with Gasteiger partial charge in [0.25, 0.3) is 17.3 Å². The summed E-state index contributed by atoms with van der Waals surface area (Å²) in [5.74, 6) is -0.706. The Morgan fingerprint density at radius 2 is 1.42 bits per heavy atom. The first-order chi connectivity index (χ1) is 11.2. The third kappa shape index (κ3) is 3.66. The molecule has 2 aromatic carbocycles. The standard InChI is InChI=1S/C15H12ClN3O5/c1-8-3-9(2)5-11(4-8)17-15(20)10-6-12(18(21)22)14(16)13(7-10)19(23)24/h3-7H,1-2H3,(H,17,20). The van der Waals surface area contributed by atoms with Crippen molar-refractivity contribution in [2.45, 2.75) is 13.8 Å². The highest BCUT2D eigenvalue weighted by Gasteiger charge is 2.27. The van der Waals surface area contributed by atoms with E-state index >= 15 is 0 Å². The van der Waals surface area contributed by atoms with Crippen molar-refractivity contribution in [3.63, 3.8) is 0 Å². The normalized spacial score (nSPS) is 10.3. The third-order valence-corrected chi connectivity index (χ3v) is 3.56. The van der Waals surface area contributed by atoms with E-state index < -0.39 is 32.2 Å². The molecule has 124 valence electrons. The average Bonchev–Trinajstić information content (AvgIpc) is 2.45. The molecule has 0 fully saturated rings. The summed E-state index contributed by atoms with van der Waals surface area (Å²) in [7, 11) is 0. The van der Waals surface area contributed by atoms with Crippen molar-refractivity contribution in [1.82, 2.24) is 0 Å². The Kier molecular flexibility index (Phi) is 4.79. The van der Waals surface area contributed by atoms with Crippen LogP contribution >= 0.6 is 11.6 Å². The maximum atomic E-state index is 12.3. The Bertz CT molecular complexity index is 811. The van der Waals surface area contributed by atoms with Gasteiger partial charge in [0.05, 0.1) is 15.4 Å². The molecule has 0 spiro atoms. The molecule has 8 nitrogen and oxygen atoms in total. The van der Waals surface area contributed by atoms with Gasteiger partial charge in [-0.3, -0.25) is 25.0 Å². The number of aryl methyl sites for hydroxylation is 2. The zero-order valence-electron chi connectivity index (χ0n) is 12.7. The number of halogens is 1. The van der Waals surface area contributed by atoms with Crippen molar-refractivity contribution in [3.05, 3.63) is 72.3 Å². The molecular weight excluding hydrogens is 338 g/mol. The highest BCUT2D eigenvalue weighted by molar-refractivity contribution is 6.35. The summed E-state index contributed by atoms with van der Waals surface area (Å²) in [4.78, 5) is 32.5. The van der Waals surface area contributed by atoms with Gasteiger partial charge in [0.2, 0.25) is 0 Å². The quantitative estimate of drug-likeness (QED) is 0.660. The van der Waals surface area contributed by atoms with Crippen LogP contribution in [-0.2, 0) is 0 Å². The van der Waals surface area contributed by atoms with E-state index in [4.69, 9.17) is 11.6 Å². The molecule has 0 aromatic heterocycles. The number of amides is 1. The Morgan fingerprint density at radius 3 is 1.83 bits per heavy atom. The highest BCUT2D eigenvalue weighted by atomic mass is 35.5. The minimum atomic E-state index is -0.872. The lowest BCUT2D eigenvalue weighted by molar-refractivity contribution is -0.393. The van der Waals surface area contributed by atoms with E-state index in [1.807, 2.05) is 19.9 Å². The molecule has 0 atom stereocenters. The van der Waals surface area contributed by atoms with Crippen molar-refractivity contribution in [2.24, 2.45) is 0 Å². The van der Waals surface area contributed by atoms with Gasteiger partial charge in [-0.2, -0.15) is 0 Å². The van der Waals surface area contributed by atoms with Gasteiger partial charge in [0, 0.05) is 17.8 Å². The maximum Gasteiger partial charge on any atom is 0.295 e. The summed E-state index contributed by atoms with van der Waals surface area (Å²) in [5, 5.41) is 23.9. The fourth-order valence-electron chi connectivity index (χ4n) is 2.24. The summed E-state index contributed by atoms with van der Waals surface area (Å²) in [6.45, 7) is 3.70. The van der Waals surface area contributed by atoms with E-state index in [1.54, 1.807) is 12.1 Å². The summed E-state index contributed by atoms with van der Waals surface area (Å²) in [5.41, 5.74) is 0.694. The monoisotopic (exact) mass is 349 g/mol. The lowest BCUT2D eigenvalue weighted by Gasteiger charge is -2.08. The van der Waals surface area contributed by atoms with Crippen molar-refractivity contribution >= 4 is 34.6 Å². The predicted molar refractivity (Wildman–Crippen MR) is 88.6 cm³/mol. The van der Waals surface area contributed by atoms with Gasteiger partial charge in [-0.1, -0.05) is 17.7 Å². The molecule has 0 saturated carbocycles. The molecular formula is C15H12ClN3O5. The van der Waals surface area contributed by atoms with Crippen LogP contribution in [0.25, 0.3) is 0 Å². The summed E-state index contributed by atoms with van der Waals surface area (Å²) >= 11 is 5.66. The van der Waals surface area contributed by atoms with Crippen LogP contribution in [-0.4, -0.2) is 15.8 Å². The van der Waals surface area contributed by atoms with Gasteiger partial charge in [-0.15, -0.1) is 0 Å². The SMILES string of the molecule is Cc1cc(C)cc(NC(=O)c2cc([N+](=O)[O-])c(Cl)c([N+](=O)[O-])c2)c1. The van der Waals surface area contributed by atoms with Crippen molar-refractivity contribution in [3.8, 4) is 0 Å². The molecule has 2 aromatic rings. The molecule has 0 radical (unpaired) electrons. The number of carbonyl (C=O) groups excluding carboxylic acids is 1. The number of rotatable bonds is 4. The van der Waals surface area contributed by atoms with Crippen molar-refractivity contribution in [1.29, 1.82) is 0 Å². The maximum absolute atomic E-state index is 12.3. The molecule has 24 heavy (non-hydrogen) atoms. The smallest absolute Gasteiger partial charge is 0.295 e. The van der Waals surface area contributed by atoms with Crippen LogP contribution in [0.1, 0.15) is 21.5 Å². The Labute approximate surface area is 141 Å². The van der Waals surface area contributed by atoms with Crippen molar-refractivity contribution < 1.29 is 14.6 Å². The summed E-state index contributed by atoms with van der Waals surface area (Å²) in [6.07, 6.45) is 0. The molecule has 0 unspecified atom stereocenters. The van der Waals surface area contributed by atoms with Gasteiger partial charge in [0.15, 0.2) is 5.02 Å². The molecule has 0 aliphatic heterocycles. The van der Waals surface area contributed by atoms with Crippen LogP contribution < -0.4 is 5.32 Å². The third-order valence-electron chi connectivity index (χ3n) is 3.17. The number of hydrogen-bond acceptors (Lipinski definition) is 5. The first-order valence-electron chi connectivity index (χ1n) is 6.71. The lowest BCUT2D eigenvalue weighted by Crippen LogP contribution is -2.13. The molecule has 0 heterocycles. The molecule has 1 N–H and O–H groups in total. The number of hydrogen-bond donors (Lipinski definition) is 1. The number of nitro groups is 2. The average molecular weight is 350 g/mol. The van der Waals surface area contributed by atoms with Gasteiger partial charge in [0.1, 0.15) is 0 Å². The second-order valence-corrected chi connectivity index (χ2v) is 5.55. The molecule has 1 amide bonds. The number of carbonyl (C=O) groups is 1. The zero-order valence-corrected chi connectivity index (χ0v) is 13.5. The Morgan fingerprint density at radius 1 is 0.958 bits per heavy atom. The molecule has 9 heteroatoms. The minimum Gasteiger partial charge on any atom is -0.322 e. The predicted octanol–water partition coefficient (Wildman–Crippen LogP) is 4.03. The summed E-state index contributed by atoms with van der Waals surface area (Å²) in [6, 6.07) is 7.15. The lowest BCUT2D eigenvalue weighted by atomic mass is 10.1. The molecule has 0 bridgehead atoms. The second-order valence-electron chi connectivity index (χ2n) is 5.17. The van der Waals surface area contributed by atoms with Crippen molar-refractivity contribution in [2.75, 3.05) is 5.32 Å². The first-order valence-corrected chi connectivity index (χ1v) is 7.09. The highest BCUT2D eigenvalue weighted by Crippen LogP contribution is 2.35. The van der Waals surface area contributed by atoms with E-state index in [9.17, 15) is 25.0 Å². The van der Waals surface area contributed by atoms with Gasteiger partial charge >= 0.3 is 0 Å². The number of anilines is 1. The van der Waals surface area contributed by atoms with Gasteiger partial charge in [-0.05, 0) is 37.1 Å². The van der Waals surface area contributed by atoms with Crippen LogP contribution in [0.4, 0.5) is 17.1 Å². The van der Waals surface area contributed by atoms with E-state index in [-0.39, 0.29) is 5.56 Å². The number of nitrogens with zero attached hydrogens (tertiary/aromatic N) is 2. The molecule has 0 aliphatic rings. The number of nitro benzene ring substituents is 2. The second kappa shape index (κ2) is 6.63. The van der Waals surface area contributed by atoms with Gasteiger partial charge < -0.3 is 5.32 Å². The Balaban J connectivity index is 2.45. The fourth-order valence-corrected chi connectivity index (χ4v) is 2.49. The van der Waals surface area contributed by atoms with Crippen LogP contribution in [0.3, 0.4) is 0 Å². The number of nitrogens with one attached hydrogen (secondary N) is 1. The Hall–Kier alpha value is -3.00.